The minimum Gasteiger partial charge on any atom is -0.490 e. The normalized spacial score (nSPS) is 16.7. The van der Waals surface area contributed by atoms with E-state index in [9.17, 15) is 0 Å². The van der Waals surface area contributed by atoms with E-state index in [1.54, 1.807) is 0 Å². The molecular formula is C19H22O2. The van der Waals surface area contributed by atoms with E-state index in [2.05, 4.69) is 55.5 Å². The van der Waals surface area contributed by atoms with Crippen LogP contribution in [0.4, 0.5) is 0 Å². The van der Waals surface area contributed by atoms with Crippen molar-refractivity contribution in [3.05, 3.63) is 54.1 Å². The summed E-state index contributed by atoms with van der Waals surface area (Å²) in [6.45, 7) is 3.71. The van der Waals surface area contributed by atoms with Gasteiger partial charge in [0.1, 0.15) is 18.5 Å². The summed E-state index contributed by atoms with van der Waals surface area (Å²) in [5.41, 5.74) is 3.85. The summed E-state index contributed by atoms with van der Waals surface area (Å²) in [5.74, 6) is 0.977. The molecule has 2 heteroatoms. The van der Waals surface area contributed by atoms with E-state index in [4.69, 9.17) is 9.47 Å². The topological polar surface area (TPSA) is 21.8 Å². The van der Waals surface area contributed by atoms with Crippen LogP contribution in [-0.4, -0.2) is 19.3 Å². The van der Waals surface area contributed by atoms with Gasteiger partial charge in [0.25, 0.3) is 0 Å². The molecule has 0 aromatic heterocycles. The van der Waals surface area contributed by atoms with E-state index in [1.807, 2.05) is 0 Å². The first kappa shape index (κ1) is 14.2. The van der Waals surface area contributed by atoms with Crippen LogP contribution in [0.15, 0.2) is 48.5 Å². The highest BCUT2D eigenvalue weighted by molar-refractivity contribution is 5.74. The first-order valence-corrected chi connectivity index (χ1v) is 7.80. The third-order valence-corrected chi connectivity index (χ3v) is 3.80. The standard InChI is InChI=1S/C19H22O2/c1-2-3-8-15-11-7-12-18(21-14-17-13-20-17)19(15)16-9-5-4-6-10-16/h4-7,9-12,17H,2-3,8,13-14H2,1H3. The third kappa shape index (κ3) is 3.64. The lowest BCUT2D eigenvalue weighted by Crippen LogP contribution is -2.06. The van der Waals surface area contributed by atoms with Crippen molar-refractivity contribution in [3.63, 3.8) is 0 Å². The second-order valence-corrected chi connectivity index (χ2v) is 5.53. The van der Waals surface area contributed by atoms with Crippen LogP contribution in [0, 0.1) is 0 Å². The minimum atomic E-state index is 0.285. The van der Waals surface area contributed by atoms with Crippen molar-refractivity contribution in [1.29, 1.82) is 0 Å². The van der Waals surface area contributed by atoms with Crippen molar-refractivity contribution in [2.24, 2.45) is 0 Å². The summed E-state index contributed by atoms with van der Waals surface area (Å²) < 4.78 is 11.3. The molecule has 1 unspecified atom stereocenters. The van der Waals surface area contributed by atoms with Crippen LogP contribution < -0.4 is 4.74 Å². The predicted molar refractivity (Wildman–Crippen MR) is 85.7 cm³/mol. The van der Waals surface area contributed by atoms with Crippen molar-refractivity contribution < 1.29 is 9.47 Å². The highest BCUT2D eigenvalue weighted by Gasteiger charge is 2.24. The molecule has 1 aliphatic heterocycles. The molecule has 1 saturated heterocycles. The van der Waals surface area contributed by atoms with Gasteiger partial charge in [-0.3, -0.25) is 0 Å². The Morgan fingerprint density at radius 2 is 1.90 bits per heavy atom. The van der Waals surface area contributed by atoms with Crippen LogP contribution in [0.5, 0.6) is 5.75 Å². The van der Waals surface area contributed by atoms with Gasteiger partial charge in [0, 0.05) is 5.56 Å². The first-order chi connectivity index (χ1) is 10.4. The first-order valence-electron chi connectivity index (χ1n) is 7.80. The second-order valence-electron chi connectivity index (χ2n) is 5.53. The van der Waals surface area contributed by atoms with Crippen LogP contribution in [0.25, 0.3) is 11.1 Å². The molecule has 0 spiro atoms. The van der Waals surface area contributed by atoms with Crippen molar-refractivity contribution in [3.8, 4) is 16.9 Å². The maximum Gasteiger partial charge on any atom is 0.127 e. The van der Waals surface area contributed by atoms with E-state index >= 15 is 0 Å². The fraction of sp³-hybridized carbons (Fsp3) is 0.368. The fourth-order valence-electron chi connectivity index (χ4n) is 2.55. The molecular weight excluding hydrogens is 260 g/mol. The van der Waals surface area contributed by atoms with Gasteiger partial charge in [-0.25, -0.2) is 0 Å². The van der Waals surface area contributed by atoms with E-state index in [0.29, 0.717) is 6.61 Å². The molecule has 1 aliphatic rings. The Labute approximate surface area is 126 Å². The summed E-state index contributed by atoms with van der Waals surface area (Å²) in [7, 11) is 0. The average Bonchev–Trinajstić information content (AvgIpc) is 3.36. The summed E-state index contributed by atoms with van der Waals surface area (Å²) in [6, 6.07) is 16.9. The molecule has 110 valence electrons. The minimum absolute atomic E-state index is 0.285. The summed E-state index contributed by atoms with van der Waals surface area (Å²) >= 11 is 0. The second kappa shape index (κ2) is 6.77. The molecule has 3 rings (SSSR count). The zero-order valence-corrected chi connectivity index (χ0v) is 12.5. The quantitative estimate of drug-likeness (QED) is 0.699. The maximum absolute atomic E-state index is 6.01. The largest absolute Gasteiger partial charge is 0.490 e. The molecule has 21 heavy (non-hydrogen) atoms. The fourth-order valence-corrected chi connectivity index (χ4v) is 2.55. The van der Waals surface area contributed by atoms with Crippen molar-refractivity contribution in [1.82, 2.24) is 0 Å². The Morgan fingerprint density at radius 1 is 1.10 bits per heavy atom. The highest BCUT2D eigenvalue weighted by Crippen LogP contribution is 2.34. The number of ether oxygens (including phenoxy) is 2. The number of hydrogen-bond donors (Lipinski definition) is 0. The average molecular weight is 282 g/mol. The summed E-state index contributed by atoms with van der Waals surface area (Å²) in [4.78, 5) is 0. The van der Waals surface area contributed by atoms with Crippen LogP contribution >= 0.6 is 0 Å². The molecule has 1 fully saturated rings. The maximum atomic E-state index is 6.01. The Balaban J connectivity index is 1.93. The van der Waals surface area contributed by atoms with Crippen LogP contribution in [0.1, 0.15) is 25.3 Å². The van der Waals surface area contributed by atoms with Crippen LogP contribution in [0.2, 0.25) is 0 Å². The van der Waals surface area contributed by atoms with Gasteiger partial charge in [0.05, 0.1) is 6.61 Å². The van der Waals surface area contributed by atoms with Gasteiger partial charge in [-0.2, -0.15) is 0 Å². The lowest BCUT2D eigenvalue weighted by atomic mass is 9.95. The molecule has 2 aromatic carbocycles. The van der Waals surface area contributed by atoms with Crippen LogP contribution in [-0.2, 0) is 11.2 Å². The van der Waals surface area contributed by atoms with Gasteiger partial charge < -0.3 is 9.47 Å². The monoisotopic (exact) mass is 282 g/mol. The summed E-state index contributed by atoms with van der Waals surface area (Å²) in [6.07, 6.45) is 3.79. The third-order valence-electron chi connectivity index (χ3n) is 3.80. The molecule has 1 heterocycles. The van der Waals surface area contributed by atoms with Crippen molar-refractivity contribution >= 4 is 0 Å². The Hall–Kier alpha value is -1.80. The van der Waals surface area contributed by atoms with Crippen molar-refractivity contribution in [2.45, 2.75) is 32.3 Å². The van der Waals surface area contributed by atoms with Crippen molar-refractivity contribution in [2.75, 3.05) is 13.2 Å². The number of epoxide rings is 1. The molecule has 0 N–H and O–H groups in total. The van der Waals surface area contributed by atoms with E-state index in [1.165, 1.54) is 29.5 Å². The van der Waals surface area contributed by atoms with Gasteiger partial charge in [-0.05, 0) is 30.0 Å². The van der Waals surface area contributed by atoms with Gasteiger partial charge >= 0.3 is 0 Å². The van der Waals surface area contributed by atoms with Gasteiger partial charge in [-0.1, -0.05) is 55.8 Å². The van der Waals surface area contributed by atoms with Gasteiger partial charge in [-0.15, -0.1) is 0 Å². The number of benzene rings is 2. The number of unbranched alkanes of at least 4 members (excludes halogenated alkanes) is 1. The SMILES string of the molecule is CCCCc1cccc(OCC2CO2)c1-c1ccccc1. The van der Waals surface area contributed by atoms with E-state index in [0.717, 1.165) is 18.8 Å². The zero-order chi connectivity index (χ0) is 14.5. The number of rotatable bonds is 7. The number of aryl methyl sites for hydroxylation is 1. The van der Waals surface area contributed by atoms with Gasteiger partial charge in [0.2, 0.25) is 0 Å². The smallest absolute Gasteiger partial charge is 0.127 e. The highest BCUT2D eigenvalue weighted by atomic mass is 16.6. The molecule has 0 amide bonds. The molecule has 2 aromatic rings. The lowest BCUT2D eigenvalue weighted by molar-refractivity contribution is 0.263. The van der Waals surface area contributed by atoms with Gasteiger partial charge in [0.15, 0.2) is 0 Å². The molecule has 0 radical (unpaired) electrons. The lowest BCUT2D eigenvalue weighted by Gasteiger charge is -2.15. The Bertz CT molecular complexity index is 573. The Kier molecular flexibility index (Phi) is 4.56. The van der Waals surface area contributed by atoms with Crippen LogP contribution in [0.3, 0.4) is 0 Å². The predicted octanol–water partition coefficient (Wildman–Crippen LogP) is 4.47. The number of hydrogen-bond acceptors (Lipinski definition) is 2. The molecule has 1 atom stereocenters. The molecule has 0 bridgehead atoms. The molecule has 0 aliphatic carbocycles. The van der Waals surface area contributed by atoms with E-state index in [-0.39, 0.29) is 6.10 Å². The van der Waals surface area contributed by atoms with E-state index < -0.39 is 0 Å². The Morgan fingerprint density at radius 3 is 2.62 bits per heavy atom. The summed E-state index contributed by atoms with van der Waals surface area (Å²) in [5, 5.41) is 0. The zero-order valence-electron chi connectivity index (χ0n) is 12.5. The molecule has 0 saturated carbocycles. The molecule has 2 nitrogen and oxygen atoms in total.